The predicted octanol–water partition coefficient (Wildman–Crippen LogP) is 4.13. The molecule has 0 aromatic carbocycles. The quantitative estimate of drug-likeness (QED) is 0.691. The fraction of sp³-hybridized carbons (Fsp3) is 1.00. The molecule has 0 heterocycles. The summed E-state index contributed by atoms with van der Waals surface area (Å²) in [6.45, 7) is 3.64. The molecule has 0 saturated heterocycles. The van der Waals surface area contributed by atoms with Gasteiger partial charge in [0.15, 0.2) is 0 Å². The molecular weight excluding hydrogens is 194 g/mol. The van der Waals surface area contributed by atoms with Gasteiger partial charge in [0, 0.05) is 6.04 Å². The van der Waals surface area contributed by atoms with Gasteiger partial charge in [0.1, 0.15) is 0 Å². The van der Waals surface area contributed by atoms with Gasteiger partial charge >= 0.3 is 0 Å². The third-order valence-electron chi connectivity index (χ3n) is 4.71. The van der Waals surface area contributed by atoms with Crippen LogP contribution < -0.4 is 5.32 Å². The summed E-state index contributed by atoms with van der Waals surface area (Å²) in [6, 6.07) is 0.849. The van der Waals surface area contributed by atoms with Crippen molar-refractivity contribution in [3.63, 3.8) is 0 Å². The topological polar surface area (TPSA) is 12.0 Å². The minimum Gasteiger partial charge on any atom is -0.314 e. The van der Waals surface area contributed by atoms with E-state index in [0.717, 1.165) is 17.9 Å². The summed E-state index contributed by atoms with van der Waals surface area (Å²) in [5, 5.41) is 3.83. The molecule has 0 bridgehead atoms. The minimum atomic E-state index is 0.849. The lowest BCUT2D eigenvalue weighted by molar-refractivity contribution is 0.282. The molecular formula is C15H29N. The van der Waals surface area contributed by atoms with Crippen LogP contribution in [0, 0.1) is 11.8 Å². The SMILES string of the molecule is CCCC1CCCC(NCC2CCC2)CC1. The highest BCUT2D eigenvalue weighted by atomic mass is 14.9. The van der Waals surface area contributed by atoms with E-state index in [9.17, 15) is 0 Å². The third kappa shape index (κ3) is 3.76. The van der Waals surface area contributed by atoms with E-state index in [1.54, 1.807) is 0 Å². The average molecular weight is 223 g/mol. The van der Waals surface area contributed by atoms with Crippen molar-refractivity contribution in [1.29, 1.82) is 0 Å². The van der Waals surface area contributed by atoms with Crippen molar-refractivity contribution in [2.45, 2.75) is 77.2 Å². The Morgan fingerprint density at radius 2 is 1.62 bits per heavy atom. The first-order valence-electron chi connectivity index (χ1n) is 7.62. The van der Waals surface area contributed by atoms with Crippen LogP contribution in [0.25, 0.3) is 0 Å². The molecule has 0 aromatic rings. The second-order valence-corrected chi connectivity index (χ2v) is 6.07. The van der Waals surface area contributed by atoms with Crippen molar-refractivity contribution >= 4 is 0 Å². The summed E-state index contributed by atoms with van der Waals surface area (Å²) in [5.74, 6) is 2.06. The van der Waals surface area contributed by atoms with Crippen molar-refractivity contribution in [1.82, 2.24) is 5.32 Å². The van der Waals surface area contributed by atoms with Crippen LogP contribution >= 0.6 is 0 Å². The molecule has 0 aromatic heterocycles. The predicted molar refractivity (Wildman–Crippen MR) is 70.6 cm³/mol. The van der Waals surface area contributed by atoms with E-state index in [-0.39, 0.29) is 0 Å². The normalized spacial score (nSPS) is 32.1. The Balaban J connectivity index is 1.62. The fourth-order valence-electron chi connectivity index (χ4n) is 3.31. The molecule has 2 aliphatic rings. The van der Waals surface area contributed by atoms with Crippen LogP contribution in [-0.2, 0) is 0 Å². The lowest BCUT2D eigenvalue weighted by atomic mass is 9.85. The molecule has 2 atom stereocenters. The Kier molecular flexibility index (Phi) is 5.15. The van der Waals surface area contributed by atoms with E-state index in [1.165, 1.54) is 70.8 Å². The number of nitrogens with one attached hydrogen (secondary N) is 1. The van der Waals surface area contributed by atoms with Gasteiger partial charge in [-0.25, -0.2) is 0 Å². The molecule has 2 saturated carbocycles. The first-order valence-corrected chi connectivity index (χ1v) is 7.62. The van der Waals surface area contributed by atoms with E-state index in [1.807, 2.05) is 0 Å². The third-order valence-corrected chi connectivity index (χ3v) is 4.71. The van der Waals surface area contributed by atoms with Gasteiger partial charge in [-0.3, -0.25) is 0 Å². The van der Waals surface area contributed by atoms with Gasteiger partial charge in [0.05, 0.1) is 0 Å². The highest BCUT2D eigenvalue weighted by molar-refractivity contribution is 4.78. The molecule has 1 heteroatoms. The maximum Gasteiger partial charge on any atom is 0.00672 e. The van der Waals surface area contributed by atoms with E-state index < -0.39 is 0 Å². The standard InChI is InChI=1S/C15H29N/c1-2-5-13-6-4-9-15(11-10-13)16-12-14-7-3-8-14/h13-16H,2-12H2,1H3. The smallest absolute Gasteiger partial charge is 0.00672 e. The van der Waals surface area contributed by atoms with Gasteiger partial charge in [-0.2, -0.15) is 0 Å². The summed E-state index contributed by atoms with van der Waals surface area (Å²) in [5.41, 5.74) is 0. The number of hydrogen-bond donors (Lipinski definition) is 1. The zero-order chi connectivity index (χ0) is 11.2. The highest BCUT2D eigenvalue weighted by Gasteiger charge is 2.21. The molecule has 16 heavy (non-hydrogen) atoms. The first kappa shape index (κ1) is 12.4. The number of rotatable bonds is 5. The summed E-state index contributed by atoms with van der Waals surface area (Å²) >= 11 is 0. The molecule has 1 nitrogen and oxygen atoms in total. The zero-order valence-electron chi connectivity index (χ0n) is 11.0. The van der Waals surface area contributed by atoms with Crippen LogP contribution in [-0.4, -0.2) is 12.6 Å². The summed E-state index contributed by atoms with van der Waals surface area (Å²) in [4.78, 5) is 0. The molecule has 0 spiro atoms. The van der Waals surface area contributed by atoms with Crippen molar-refractivity contribution < 1.29 is 0 Å². The first-order chi connectivity index (χ1) is 7.88. The zero-order valence-corrected chi connectivity index (χ0v) is 11.0. The van der Waals surface area contributed by atoms with Gasteiger partial charge in [-0.1, -0.05) is 39.0 Å². The molecule has 0 radical (unpaired) electrons. The van der Waals surface area contributed by atoms with Crippen LogP contribution in [0.15, 0.2) is 0 Å². The average Bonchev–Trinajstić information content (AvgIpc) is 2.42. The van der Waals surface area contributed by atoms with Gasteiger partial charge < -0.3 is 5.32 Å². The fourth-order valence-corrected chi connectivity index (χ4v) is 3.31. The van der Waals surface area contributed by atoms with E-state index >= 15 is 0 Å². The van der Waals surface area contributed by atoms with Crippen LogP contribution in [0.4, 0.5) is 0 Å². The molecule has 2 fully saturated rings. The van der Waals surface area contributed by atoms with Gasteiger partial charge in [0.2, 0.25) is 0 Å². The van der Waals surface area contributed by atoms with Crippen molar-refractivity contribution in [3.05, 3.63) is 0 Å². The second kappa shape index (κ2) is 6.64. The summed E-state index contributed by atoms with van der Waals surface area (Å²) in [7, 11) is 0. The van der Waals surface area contributed by atoms with Crippen molar-refractivity contribution in [2.24, 2.45) is 11.8 Å². The Labute approximate surface area is 101 Å². The monoisotopic (exact) mass is 223 g/mol. The number of hydrogen-bond acceptors (Lipinski definition) is 1. The molecule has 2 unspecified atom stereocenters. The molecule has 94 valence electrons. The summed E-state index contributed by atoms with van der Waals surface area (Å²) in [6.07, 6.45) is 14.6. The van der Waals surface area contributed by atoms with Crippen LogP contribution in [0.2, 0.25) is 0 Å². The summed E-state index contributed by atoms with van der Waals surface area (Å²) < 4.78 is 0. The highest BCUT2D eigenvalue weighted by Crippen LogP contribution is 2.28. The lowest BCUT2D eigenvalue weighted by Crippen LogP contribution is -2.35. The largest absolute Gasteiger partial charge is 0.314 e. The van der Waals surface area contributed by atoms with E-state index in [2.05, 4.69) is 12.2 Å². The maximum absolute atomic E-state index is 3.83. The minimum absolute atomic E-state index is 0.849. The maximum atomic E-state index is 3.83. The molecule has 2 rings (SSSR count). The Hall–Kier alpha value is -0.0400. The molecule has 0 amide bonds. The lowest BCUT2D eigenvalue weighted by Gasteiger charge is -2.28. The van der Waals surface area contributed by atoms with E-state index in [0.29, 0.717) is 0 Å². The Morgan fingerprint density at radius 1 is 0.875 bits per heavy atom. The van der Waals surface area contributed by atoms with Gasteiger partial charge in [-0.05, 0) is 50.5 Å². The molecule has 1 N–H and O–H groups in total. The Morgan fingerprint density at radius 3 is 2.31 bits per heavy atom. The van der Waals surface area contributed by atoms with Gasteiger partial charge in [0.25, 0.3) is 0 Å². The van der Waals surface area contributed by atoms with Crippen LogP contribution in [0.5, 0.6) is 0 Å². The van der Waals surface area contributed by atoms with Crippen LogP contribution in [0.1, 0.15) is 71.1 Å². The Bertz CT molecular complexity index is 186. The van der Waals surface area contributed by atoms with Crippen molar-refractivity contribution in [2.75, 3.05) is 6.54 Å². The molecule has 2 aliphatic carbocycles. The van der Waals surface area contributed by atoms with E-state index in [4.69, 9.17) is 0 Å². The van der Waals surface area contributed by atoms with Crippen molar-refractivity contribution in [3.8, 4) is 0 Å². The van der Waals surface area contributed by atoms with Crippen LogP contribution in [0.3, 0.4) is 0 Å². The van der Waals surface area contributed by atoms with Gasteiger partial charge in [-0.15, -0.1) is 0 Å². The second-order valence-electron chi connectivity index (χ2n) is 6.07. The molecule has 0 aliphatic heterocycles.